The normalized spacial score (nSPS) is 11.0. The molecule has 0 radical (unpaired) electrons. The van der Waals surface area contributed by atoms with Crippen LogP contribution in [0.15, 0.2) is 42.5 Å². The fraction of sp³-hybridized carbons (Fsp3) is 0.222. The number of ether oxygens (including phenoxy) is 1. The summed E-state index contributed by atoms with van der Waals surface area (Å²) < 4.78 is 43.1. The number of sulfonamides is 1. The van der Waals surface area contributed by atoms with E-state index in [-0.39, 0.29) is 28.6 Å². The van der Waals surface area contributed by atoms with Gasteiger partial charge in [-0.15, -0.1) is 0 Å². The van der Waals surface area contributed by atoms with Gasteiger partial charge in [0.05, 0.1) is 29.1 Å². The molecule has 0 aromatic heterocycles. The van der Waals surface area contributed by atoms with Gasteiger partial charge in [0.25, 0.3) is 0 Å². The van der Waals surface area contributed by atoms with Gasteiger partial charge >= 0.3 is 5.97 Å². The van der Waals surface area contributed by atoms with Crippen molar-refractivity contribution in [2.75, 3.05) is 29.0 Å². The number of anilines is 2. The quantitative estimate of drug-likeness (QED) is 0.684. The average molecular weight is 429 g/mol. The largest absolute Gasteiger partial charge is 0.462 e. The van der Waals surface area contributed by atoms with Crippen molar-refractivity contribution in [1.82, 2.24) is 0 Å². The molecule has 0 spiro atoms. The van der Waals surface area contributed by atoms with E-state index in [1.54, 1.807) is 6.92 Å². The van der Waals surface area contributed by atoms with Crippen molar-refractivity contribution in [1.29, 1.82) is 0 Å². The van der Waals surface area contributed by atoms with E-state index in [4.69, 9.17) is 16.3 Å². The maximum absolute atomic E-state index is 13.4. The summed E-state index contributed by atoms with van der Waals surface area (Å²) in [6.45, 7) is 1.28. The second-order valence-corrected chi connectivity index (χ2v) is 8.03. The topological polar surface area (TPSA) is 92.8 Å². The first-order chi connectivity index (χ1) is 13.1. The van der Waals surface area contributed by atoms with Crippen LogP contribution in [0.3, 0.4) is 0 Å². The first-order valence-electron chi connectivity index (χ1n) is 8.11. The molecule has 0 aliphatic rings. The highest BCUT2D eigenvalue weighted by Gasteiger charge is 2.21. The van der Waals surface area contributed by atoms with Crippen molar-refractivity contribution in [2.45, 2.75) is 6.92 Å². The molecule has 0 bridgehead atoms. The zero-order chi connectivity index (χ0) is 20.9. The number of carbonyl (C=O) groups is 2. The Kier molecular flexibility index (Phi) is 6.98. The van der Waals surface area contributed by atoms with Crippen molar-refractivity contribution >= 4 is 44.9 Å². The molecule has 2 rings (SSSR count). The summed E-state index contributed by atoms with van der Waals surface area (Å²) >= 11 is 6.03. The molecule has 2 aromatic rings. The molecule has 0 unspecified atom stereocenters. The van der Waals surface area contributed by atoms with Gasteiger partial charge in [0.15, 0.2) is 0 Å². The molecule has 150 valence electrons. The van der Waals surface area contributed by atoms with Gasteiger partial charge in [0.2, 0.25) is 15.9 Å². The van der Waals surface area contributed by atoms with Crippen LogP contribution in [0.5, 0.6) is 0 Å². The van der Waals surface area contributed by atoms with Gasteiger partial charge in [-0.3, -0.25) is 9.10 Å². The maximum Gasteiger partial charge on any atom is 0.339 e. The molecule has 0 heterocycles. The highest BCUT2D eigenvalue weighted by molar-refractivity contribution is 7.92. The highest BCUT2D eigenvalue weighted by Crippen LogP contribution is 2.23. The third kappa shape index (κ3) is 5.67. The first-order valence-corrected chi connectivity index (χ1v) is 10.3. The fourth-order valence-electron chi connectivity index (χ4n) is 2.33. The summed E-state index contributed by atoms with van der Waals surface area (Å²) in [7, 11) is -3.84. The molecule has 2 aromatic carbocycles. The number of amides is 1. The second-order valence-electron chi connectivity index (χ2n) is 5.71. The minimum absolute atomic E-state index is 0.0216. The van der Waals surface area contributed by atoms with Crippen LogP contribution in [0, 0.1) is 5.82 Å². The van der Waals surface area contributed by atoms with Crippen LogP contribution in [0.25, 0.3) is 0 Å². The molecule has 1 N–H and O–H groups in total. The molecule has 0 fully saturated rings. The zero-order valence-electron chi connectivity index (χ0n) is 15.1. The van der Waals surface area contributed by atoms with Gasteiger partial charge in [-0.05, 0) is 43.3 Å². The predicted molar refractivity (Wildman–Crippen MR) is 105 cm³/mol. The second kappa shape index (κ2) is 9.03. The smallest absolute Gasteiger partial charge is 0.339 e. The van der Waals surface area contributed by atoms with Crippen LogP contribution in [0.2, 0.25) is 5.02 Å². The van der Waals surface area contributed by atoms with Gasteiger partial charge in [-0.1, -0.05) is 17.7 Å². The molecule has 0 aliphatic carbocycles. The lowest BCUT2D eigenvalue weighted by Crippen LogP contribution is -2.37. The van der Waals surface area contributed by atoms with E-state index < -0.39 is 34.3 Å². The van der Waals surface area contributed by atoms with Crippen LogP contribution >= 0.6 is 11.6 Å². The Morgan fingerprint density at radius 1 is 1.21 bits per heavy atom. The van der Waals surface area contributed by atoms with Crippen molar-refractivity contribution in [3.05, 3.63) is 58.9 Å². The lowest BCUT2D eigenvalue weighted by atomic mass is 10.2. The van der Waals surface area contributed by atoms with E-state index in [1.165, 1.54) is 30.3 Å². The van der Waals surface area contributed by atoms with Crippen LogP contribution in [0.1, 0.15) is 17.3 Å². The Labute approximate surface area is 167 Å². The van der Waals surface area contributed by atoms with Crippen LogP contribution in [0.4, 0.5) is 15.8 Å². The Hall–Kier alpha value is -2.65. The monoisotopic (exact) mass is 428 g/mol. The van der Waals surface area contributed by atoms with Crippen LogP contribution in [-0.4, -0.2) is 39.7 Å². The molecule has 0 saturated heterocycles. The van der Waals surface area contributed by atoms with Crippen molar-refractivity contribution < 1.29 is 27.1 Å². The lowest BCUT2D eigenvalue weighted by Gasteiger charge is -2.22. The SMILES string of the molecule is CCOC(=O)c1ccc(NC(=O)CN(c2cccc(F)c2)S(C)(=O)=O)cc1Cl. The van der Waals surface area contributed by atoms with Gasteiger partial charge in [0, 0.05) is 5.69 Å². The minimum atomic E-state index is -3.84. The molecular formula is C18H18ClFN2O5S. The molecule has 1 amide bonds. The Morgan fingerprint density at radius 3 is 2.50 bits per heavy atom. The van der Waals surface area contributed by atoms with Crippen molar-refractivity contribution in [3.63, 3.8) is 0 Å². The van der Waals surface area contributed by atoms with Crippen molar-refractivity contribution in [2.24, 2.45) is 0 Å². The number of carbonyl (C=O) groups excluding carboxylic acids is 2. The van der Waals surface area contributed by atoms with E-state index >= 15 is 0 Å². The summed E-state index contributed by atoms with van der Waals surface area (Å²) in [5.41, 5.74) is 0.420. The zero-order valence-corrected chi connectivity index (χ0v) is 16.7. The Morgan fingerprint density at radius 2 is 1.93 bits per heavy atom. The summed E-state index contributed by atoms with van der Waals surface area (Å²) in [6, 6.07) is 9.06. The third-order valence-electron chi connectivity index (χ3n) is 3.53. The number of nitrogens with one attached hydrogen (secondary N) is 1. The number of hydrogen-bond donors (Lipinski definition) is 1. The molecule has 0 saturated carbocycles. The van der Waals surface area contributed by atoms with Gasteiger partial charge in [0.1, 0.15) is 12.4 Å². The summed E-state index contributed by atoms with van der Waals surface area (Å²) in [6.07, 6.45) is 0.913. The molecule has 7 nitrogen and oxygen atoms in total. The number of halogens is 2. The summed E-state index contributed by atoms with van der Waals surface area (Å²) in [4.78, 5) is 24.1. The van der Waals surface area contributed by atoms with Crippen LogP contribution < -0.4 is 9.62 Å². The Balaban J connectivity index is 2.17. The average Bonchev–Trinajstić information content (AvgIpc) is 2.59. The van der Waals surface area contributed by atoms with Crippen molar-refractivity contribution in [3.8, 4) is 0 Å². The number of hydrogen-bond acceptors (Lipinski definition) is 5. The number of rotatable bonds is 7. The van der Waals surface area contributed by atoms with Crippen LogP contribution in [-0.2, 0) is 19.6 Å². The highest BCUT2D eigenvalue weighted by atomic mass is 35.5. The van der Waals surface area contributed by atoms with E-state index in [1.807, 2.05) is 0 Å². The predicted octanol–water partition coefficient (Wildman–Crippen LogP) is 3.06. The molecule has 0 aliphatic heterocycles. The molecular weight excluding hydrogens is 411 g/mol. The molecule has 10 heteroatoms. The fourth-order valence-corrected chi connectivity index (χ4v) is 3.44. The number of esters is 1. The summed E-state index contributed by atoms with van der Waals surface area (Å²) in [5, 5.41) is 2.56. The number of benzene rings is 2. The standard InChI is InChI=1S/C18H18ClFN2O5S/c1-3-27-18(24)15-8-7-13(10-16(15)19)21-17(23)11-22(28(2,25)26)14-6-4-5-12(20)9-14/h4-10H,3,11H2,1-2H3,(H,21,23). The van der Waals surface area contributed by atoms with Gasteiger partial charge in [-0.25, -0.2) is 17.6 Å². The summed E-state index contributed by atoms with van der Waals surface area (Å²) in [5.74, 6) is -1.90. The van der Waals surface area contributed by atoms with E-state index in [0.717, 1.165) is 22.7 Å². The first kappa shape index (κ1) is 21.6. The van der Waals surface area contributed by atoms with E-state index in [9.17, 15) is 22.4 Å². The number of nitrogens with zero attached hydrogens (tertiary/aromatic N) is 1. The minimum Gasteiger partial charge on any atom is -0.462 e. The van der Waals surface area contributed by atoms with Gasteiger partial charge < -0.3 is 10.1 Å². The maximum atomic E-state index is 13.4. The molecule has 0 atom stereocenters. The van der Waals surface area contributed by atoms with E-state index in [0.29, 0.717) is 0 Å². The van der Waals surface area contributed by atoms with Gasteiger partial charge in [-0.2, -0.15) is 0 Å². The van der Waals surface area contributed by atoms with E-state index in [2.05, 4.69) is 5.32 Å². The lowest BCUT2D eigenvalue weighted by molar-refractivity contribution is -0.114. The Bertz CT molecular complexity index is 997. The third-order valence-corrected chi connectivity index (χ3v) is 4.99. The molecule has 28 heavy (non-hydrogen) atoms.